The van der Waals surface area contributed by atoms with Gasteiger partial charge < -0.3 is 5.21 Å². The highest BCUT2D eigenvalue weighted by Crippen LogP contribution is 2.03. The van der Waals surface area contributed by atoms with Crippen LogP contribution in [0.2, 0.25) is 0 Å². The van der Waals surface area contributed by atoms with E-state index in [0.29, 0.717) is 6.54 Å². The van der Waals surface area contributed by atoms with Gasteiger partial charge in [-0.05, 0) is 24.8 Å². The molecule has 0 aliphatic carbocycles. The molecule has 0 fully saturated rings. The van der Waals surface area contributed by atoms with E-state index < -0.39 is 0 Å². The molecule has 0 unspecified atom stereocenters. The van der Waals surface area contributed by atoms with Gasteiger partial charge in [0, 0.05) is 6.54 Å². The lowest BCUT2D eigenvalue weighted by Gasteiger charge is -1.99. The monoisotopic (exact) mass is 201 g/mol. The Labute approximate surface area is 85.3 Å². The number of rotatable bonds is 5. The van der Waals surface area contributed by atoms with Crippen LogP contribution in [0, 0.1) is 0 Å². The van der Waals surface area contributed by atoms with Crippen LogP contribution < -0.4 is 5.48 Å². The molecule has 3 heteroatoms. The lowest BCUT2D eigenvalue weighted by molar-refractivity contribution is 0.165. The van der Waals surface area contributed by atoms with Crippen molar-refractivity contribution in [2.24, 2.45) is 0 Å². The first-order valence-electron chi connectivity index (χ1n) is 4.34. The summed E-state index contributed by atoms with van der Waals surface area (Å²) in [6.07, 6.45) is 3.24. The van der Waals surface area contributed by atoms with E-state index in [1.54, 1.807) is 0 Å². The van der Waals surface area contributed by atoms with Gasteiger partial charge in [0.05, 0.1) is 0 Å². The molecule has 0 saturated heterocycles. The topological polar surface area (TPSA) is 32.3 Å². The van der Waals surface area contributed by atoms with Gasteiger partial charge in [-0.25, -0.2) is 5.48 Å². The van der Waals surface area contributed by atoms with Crippen molar-refractivity contribution in [3.05, 3.63) is 35.9 Å². The summed E-state index contributed by atoms with van der Waals surface area (Å²) in [6, 6.07) is 10.4. The molecule has 0 aliphatic rings. The van der Waals surface area contributed by atoms with Gasteiger partial charge in [0.1, 0.15) is 0 Å². The lowest BCUT2D eigenvalue weighted by Crippen LogP contribution is -2.08. The van der Waals surface area contributed by atoms with Crippen LogP contribution in [-0.4, -0.2) is 11.8 Å². The van der Waals surface area contributed by atoms with Crippen LogP contribution in [0.3, 0.4) is 0 Å². The Balaban J connectivity index is 0.00000144. The maximum Gasteiger partial charge on any atom is 0.0207 e. The van der Waals surface area contributed by atoms with Gasteiger partial charge in [-0.2, -0.15) is 0 Å². The molecular weight excluding hydrogens is 186 g/mol. The first-order valence-corrected chi connectivity index (χ1v) is 4.34. The Morgan fingerprint density at radius 1 is 1.08 bits per heavy atom. The Bertz CT molecular complexity index is 203. The smallest absolute Gasteiger partial charge is 0.0207 e. The molecule has 0 aromatic heterocycles. The van der Waals surface area contributed by atoms with Crippen LogP contribution in [0.5, 0.6) is 0 Å². The van der Waals surface area contributed by atoms with Crippen LogP contribution in [-0.2, 0) is 6.42 Å². The molecule has 13 heavy (non-hydrogen) atoms. The van der Waals surface area contributed by atoms with Gasteiger partial charge in [0.25, 0.3) is 0 Å². The molecule has 0 spiro atoms. The standard InChI is InChI=1S/C10H15NO.ClH/c12-11-9-5-4-8-10-6-2-1-3-7-10;/h1-3,6-7,11-12H,4-5,8-9H2;1H. The maximum atomic E-state index is 8.31. The first kappa shape index (κ1) is 12.4. The van der Waals surface area contributed by atoms with Crippen molar-refractivity contribution < 1.29 is 5.21 Å². The van der Waals surface area contributed by atoms with Crippen molar-refractivity contribution in [3.63, 3.8) is 0 Å². The Hall–Kier alpha value is -0.570. The van der Waals surface area contributed by atoms with Crippen LogP contribution in [0.1, 0.15) is 18.4 Å². The highest BCUT2D eigenvalue weighted by Gasteiger charge is 1.90. The second-order valence-electron chi connectivity index (χ2n) is 2.85. The van der Waals surface area contributed by atoms with Crippen molar-refractivity contribution >= 4 is 12.4 Å². The average Bonchev–Trinajstić information content (AvgIpc) is 2.14. The third kappa shape index (κ3) is 5.64. The van der Waals surface area contributed by atoms with E-state index in [-0.39, 0.29) is 12.4 Å². The fraction of sp³-hybridized carbons (Fsp3) is 0.400. The molecule has 0 bridgehead atoms. The zero-order valence-corrected chi connectivity index (χ0v) is 8.39. The van der Waals surface area contributed by atoms with Crippen molar-refractivity contribution in [2.45, 2.75) is 19.3 Å². The number of unbranched alkanes of at least 4 members (excludes halogenated alkanes) is 1. The quantitative estimate of drug-likeness (QED) is 0.567. The molecule has 1 aromatic carbocycles. The minimum Gasteiger partial charge on any atom is -0.317 e. The Kier molecular flexibility index (Phi) is 7.69. The normalized spacial score (nSPS) is 9.31. The minimum atomic E-state index is 0. The molecule has 74 valence electrons. The van der Waals surface area contributed by atoms with Gasteiger partial charge in [0.15, 0.2) is 0 Å². The number of halogens is 1. The summed E-state index contributed by atoms with van der Waals surface area (Å²) < 4.78 is 0. The van der Waals surface area contributed by atoms with E-state index in [1.807, 2.05) is 6.07 Å². The fourth-order valence-corrected chi connectivity index (χ4v) is 1.18. The summed E-state index contributed by atoms with van der Waals surface area (Å²) in [7, 11) is 0. The van der Waals surface area contributed by atoms with E-state index in [2.05, 4.69) is 29.7 Å². The molecule has 1 aromatic rings. The summed E-state index contributed by atoms with van der Waals surface area (Å²) >= 11 is 0. The molecule has 2 N–H and O–H groups in total. The van der Waals surface area contributed by atoms with Crippen LogP contribution in [0.25, 0.3) is 0 Å². The Morgan fingerprint density at radius 3 is 2.38 bits per heavy atom. The first-order chi connectivity index (χ1) is 5.93. The van der Waals surface area contributed by atoms with Crippen LogP contribution in [0.15, 0.2) is 30.3 Å². The third-order valence-electron chi connectivity index (χ3n) is 1.85. The van der Waals surface area contributed by atoms with Gasteiger partial charge in [-0.3, -0.25) is 0 Å². The van der Waals surface area contributed by atoms with Gasteiger partial charge >= 0.3 is 0 Å². The van der Waals surface area contributed by atoms with Crippen LogP contribution >= 0.6 is 12.4 Å². The molecule has 1 rings (SSSR count). The molecule has 0 saturated carbocycles. The van der Waals surface area contributed by atoms with Crippen LogP contribution in [0.4, 0.5) is 0 Å². The van der Waals surface area contributed by atoms with Gasteiger partial charge in [0.2, 0.25) is 0 Å². The molecule has 0 heterocycles. The lowest BCUT2D eigenvalue weighted by atomic mass is 10.1. The van der Waals surface area contributed by atoms with E-state index in [1.165, 1.54) is 5.56 Å². The molecule has 2 nitrogen and oxygen atoms in total. The average molecular weight is 202 g/mol. The summed E-state index contributed by atoms with van der Waals surface area (Å²) in [6.45, 7) is 0.687. The predicted octanol–water partition coefficient (Wildman–Crippen LogP) is 2.41. The zero-order valence-electron chi connectivity index (χ0n) is 7.57. The van der Waals surface area contributed by atoms with Crippen molar-refractivity contribution in [3.8, 4) is 0 Å². The zero-order chi connectivity index (χ0) is 8.65. The van der Waals surface area contributed by atoms with Gasteiger partial charge in [-0.15, -0.1) is 12.4 Å². The Morgan fingerprint density at radius 2 is 1.77 bits per heavy atom. The van der Waals surface area contributed by atoms with E-state index in [0.717, 1.165) is 19.3 Å². The summed E-state index contributed by atoms with van der Waals surface area (Å²) in [4.78, 5) is 0. The predicted molar refractivity (Wildman–Crippen MR) is 56.4 cm³/mol. The highest BCUT2D eigenvalue weighted by atomic mass is 35.5. The third-order valence-corrected chi connectivity index (χ3v) is 1.85. The number of hydroxylamine groups is 1. The molecule has 0 aliphatic heterocycles. The molecule has 0 atom stereocenters. The van der Waals surface area contributed by atoms with Crippen molar-refractivity contribution in [2.75, 3.05) is 6.54 Å². The molecule has 0 amide bonds. The maximum absolute atomic E-state index is 8.31. The molecular formula is C10H16ClNO. The number of hydrogen-bond acceptors (Lipinski definition) is 2. The van der Waals surface area contributed by atoms with Crippen molar-refractivity contribution in [1.29, 1.82) is 0 Å². The second-order valence-corrected chi connectivity index (χ2v) is 2.85. The number of hydrogen-bond donors (Lipinski definition) is 2. The van der Waals surface area contributed by atoms with Crippen molar-refractivity contribution in [1.82, 2.24) is 5.48 Å². The van der Waals surface area contributed by atoms with E-state index in [9.17, 15) is 0 Å². The van der Waals surface area contributed by atoms with Gasteiger partial charge in [-0.1, -0.05) is 30.3 Å². The number of benzene rings is 1. The largest absolute Gasteiger partial charge is 0.317 e. The van der Waals surface area contributed by atoms with E-state index >= 15 is 0 Å². The number of nitrogens with one attached hydrogen (secondary N) is 1. The summed E-state index contributed by atoms with van der Waals surface area (Å²) in [5, 5.41) is 8.31. The highest BCUT2D eigenvalue weighted by molar-refractivity contribution is 5.85. The second kappa shape index (κ2) is 8.05. The summed E-state index contributed by atoms with van der Waals surface area (Å²) in [5.41, 5.74) is 3.52. The fourth-order valence-electron chi connectivity index (χ4n) is 1.18. The SMILES string of the molecule is Cl.ONCCCCc1ccccc1. The minimum absolute atomic E-state index is 0. The number of aryl methyl sites for hydroxylation is 1. The van der Waals surface area contributed by atoms with E-state index in [4.69, 9.17) is 5.21 Å². The summed E-state index contributed by atoms with van der Waals surface area (Å²) in [5.74, 6) is 0. The molecule has 0 radical (unpaired) electrons.